The third kappa shape index (κ3) is 2.25. The standard InChI is InChI=1S/C11H18O/c1-3-4-7-10-8-5-6-9-11(10,2)12/h10,12H,5-9H2,1-2H3. The molecule has 68 valence electrons. The molecular formula is C11H18O. The van der Waals surface area contributed by atoms with Crippen molar-refractivity contribution in [1.29, 1.82) is 0 Å². The monoisotopic (exact) mass is 166 g/mol. The van der Waals surface area contributed by atoms with Gasteiger partial charge in [0.1, 0.15) is 0 Å². The van der Waals surface area contributed by atoms with Gasteiger partial charge in [0, 0.05) is 6.42 Å². The molecule has 0 heterocycles. The van der Waals surface area contributed by atoms with Crippen LogP contribution in [0.1, 0.15) is 46.0 Å². The molecule has 1 heteroatoms. The second-order valence-electron chi connectivity index (χ2n) is 3.93. The highest BCUT2D eigenvalue weighted by atomic mass is 16.3. The highest BCUT2D eigenvalue weighted by Gasteiger charge is 2.33. The summed E-state index contributed by atoms with van der Waals surface area (Å²) in [6.45, 7) is 3.81. The van der Waals surface area contributed by atoms with E-state index in [4.69, 9.17) is 0 Å². The molecule has 0 amide bonds. The maximum Gasteiger partial charge on any atom is 0.0656 e. The topological polar surface area (TPSA) is 20.2 Å². The van der Waals surface area contributed by atoms with Crippen LogP contribution in [-0.4, -0.2) is 10.7 Å². The fourth-order valence-electron chi connectivity index (χ4n) is 1.94. The molecule has 0 saturated heterocycles. The molecule has 12 heavy (non-hydrogen) atoms. The van der Waals surface area contributed by atoms with Crippen molar-refractivity contribution >= 4 is 0 Å². The lowest BCUT2D eigenvalue weighted by Gasteiger charge is -2.36. The minimum atomic E-state index is -0.456. The van der Waals surface area contributed by atoms with Crippen LogP contribution in [0.25, 0.3) is 0 Å². The number of hydrogen-bond acceptors (Lipinski definition) is 1. The van der Waals surface area contributed by atoms with E-state index in [-0.39, 0.29) is 0 Å². The first-order valence-corrected chi connectivity index (χ1v) is 4.79. The Morgan fingerprint density at radius 2 is 2.25 bits per heavy atom. The van der Waals surface area contributed by atoms with E-state index in [1.165, 1.54) is 12.8 Å². The predicted molar refractivity (Wildman–Crippen MR) is 50.6 cm³/mol. The molecule has 0 aromatic heterocycles. The first-order chi connectivity index (χ1) is 5.67. The molecule has 0 aromatic carbocycles. The largest absolute Gasteiger partial charge is 0.390 e. The van der Waals surface area contributed by atoms with Crippen molar-refractivity contribution in [3.05, 3.63) is 0 Å². The Hall–Kier alpha value is -0.480. The number of rotatable bonds is 1. The summed E-state index contributed by atoms with van der Waals surface area (Å²) in [6, 6.07) is 0. The van der Waals surface area contributed by atoms with Gasteiger partial charge >= 0.3 is 0 Å². The van der Waals surface area contributed by atoms with Gasteiger partial charge in [-0.3, -0.25) is 0 Å². The minimum Gasteiger partial charge on any atom is -0.390 e. The number of hydrogen-bond donors (Lipinski definition) is 1. The Bertz CT molecular complexity index is 195. The second-order valence-corrected chi connectivity index (χ2v) is 3.93. The average molecular weight is 166 g/mol. The highest BCUT2D eigenvalue weighted by Crippen LogP contribution is 2.35. The lowest BCUT2D eigenvalue weighted by Crippen LogP contribution is -2.37. The lowest BCUT2D eigenvalue weighted by molar-refractivity contribution is -0.0295. The van der Waals surface area contributed by atoms with Crippen molar-refractivity contribution in [2.24, 2.45) is 5.92 Å². The van der Waals surface area contributed by atoms with E-state index in [0.29, 0.717) is 5.92 Å². The van der Waals surface area contributed by atoms with Gasteiger partial charge in [0.2, 0.25) is 0 Å². The Kier molecular flexibility index (Phi) is 3.17. The van der Waals surface area contributed by atoms with E-state index < -0.39 is 5.60 Å². The van der Waals surface area contributed by atoms with Gasteiger partial charge in [-0.1, -0.05) is 12.8 Å². The lowest BCUT2D eigenvalue weighted by atomic mass is 9.75. The van der Waals surface area contributed by atoms with Crippen LogP contribution in [-0.2, 0) is 0 Å². The summed E-state index contributed by atoms with van der Waals surface area (Å²) in [5.74, 6) is 6.36. The van der Waals surface area contributed by atoms with Gasteiger partial charge in [-0.2, -0.15) is 0 Å². The van der Waals surface area contributed by atoms with Gasteiger partial charge < -0.3 is 5.11 Å². The minimum absolute atomic E-state index is 0.402. The van der Waals surface area contributed by atoms with Crippen LogP contribution in [0.3, 0.4) is 0 Å². The molecule has 1 fully saturated rings. The van der Waals surface area contributed by atoms with Crippen molar-refractivity contribution in [1.82, 2.24) is 0 Å². The van der Waals surface area contributed by atoms with Gasteiger partial charge in [0.15, 0.2) is 0 Å². The molecule has 1 N–H and O–H groups in total. The zero-order chi connectivity index (χ0) is 9.03. The van der Waals surface area contributed by atoms with E-state index in [2.05, 4.69) is 11.8 Å². The van der Waals surface area contributed by atoms with Gasteiger partial charge in [-0.15, -0.1) is 11.8 Å². The zero-order valence-electron chi connectivity index (χ0n) is 8.06. The third-order valence-electron chi connectivity index (χ3n) is 2.89. The Labute approximate surface area is 75.2 Å². The van der Waals surface area contributed by atoms with Crippen molar-refractivity contribution in [2.75, 3.05) is 0 Å². The molecule has 1 saturated carbocycles. The summed E-state index contributed by atoms with van der Waals surface area (Å²) in [7, 11) is 0. The predicted octanol–water partition coefficient (Wildman–Crippen LogP) is 2.34. The molecular weight excluding hydrogens is 148 g/mol. The van der Waals surface area contributed by atoms with Crippen LogP contribution in [0.5, 0.6) is 0 Å². The molecule has 1 rings (SSSR count). The van der Waals surface area contributed by atoms with Crippen LogP contribution in [0.4, 0.5) is 0 Å². The quantitative estimate of drug-likeness (QED) is 0.593. The summed E-state index contributed by atoms with van der Waals surface area (Å²) in [5.41, 5.74) is -0.456. The van der Waals surface area contributed by atoms with Crippen LogP contribution >= 0.6 is 0 Å². The fourth-order valence-corrected chi connectivity index (χ4v) is 1.94. The van der Waals surface area contributed by atoms with Gasteiger partial charge in [-0.25, -0.2) is 0 Å². The Balaban J connectivity index is 2.52. The maximum atomic E-state index is 9.99. The molecule has 1 aliphatic carbocycles. The van der Waals surface area contributed by atoms with Crippen LogP contribution in [0.15, 0.2) is 0 Å². The molecule has 2 atom stereocenters. The van der Waals surface area contributed by atoms with E-state index >= 15 is 0 Å². The van der Waals surface area contributed by atoms with Gasteiger partial charge in [0.05, 0.1) is 5.60 Å². The smallest absolute Gasteiger partial charge is 0.0656 e. The summed E-state index contributed by atoms with van der Waals surface area (Å²) < 4.78 is 0. The van der Waals surface area contributed by atoms with Crippen molar-refractivity contribution < 1.29 is 5.11 Å². The van der Waals surface area contributed by atoms with E-state index in [0.717, 1.165) is 19.3 Å². The van der Waals surface area contributed by atoms with Crippen LogP contribution < -0.4 is 0 Å². The molecule has 2 unspecified atom stereocenters. The van der Waals surface area contributed by atoms with Crippen molar-refractivity contribution in [3.63, 3.8) is 0 Å². The number of aliphatic hydroxyl groups is 1. The van der Waals surface area contributed by atoms with E-state index in [1.807, 2.05) is 13.8 Å². The highest BCUT2D eigenvalue weighted by molar-refractivity contribution is 5.00. The molecule has 0 spiro atoms. The third-order valence-corrected chi connectivity index (χ3v) is 2.89. The van der Waals surface area contributed by atoms with E-state index in [9.17, 15) is 5.11 Å². The Morgan fingerprint density at radius 1 is 1.50 bits per heavy atom. The molecule has 0 aliphatic heterocycles. The zero-order valence-corrected chi connectivity index (χ0v) is 8.06. The molecule has 1 nitrogen and oxygen atoms in total. The van der Waals surface area contributed by atoms with Crippen LogP contribution in [0.2, 0.25) is 0 Å². The normalized spacial score (nSPS) is 35.4. The average Bonchev–Trinajstić information content (AvgIpc) is 2.02. The summed E-state index contributed by atoms with van der Waals surface area (Å²) in [5, 5.41) is 9.99. The first kappa shape index (κ1) is 9.61. The molecule has 1 aliphatic rings. The first-order valence-electron chi connectivity index (χ1n) is 4.79. The molecule has 0 bridgehead atoms. The summed E-state index contributed by atoms with van der Waals surface area (Å²) in [4.78, 5) is 0. The summed E-state index contributed by atoms with van der Waals surface area (Å²) in [6.07, 6.45) is 5.38. The fraction of sp³-hybridized carbons (Fsp3) is 0.818. The van der Waals surface area contributed by atoms with Crippen molar-refractivity contribution in [2.45, 2.75) is 51.6 Å². The second kappa shape index (κ2) is 3.96. The SMILES string of the molecule is CC#CCC1CCCCC1(C)O. The van der Waals surface area contributed by atoms with Gasteiger partial charge in [0.25, 0.3) is 0 Å². The van der Waals surface area contributed by atoms with Gasteiger partial charge in [-0.05, 0) is 32.6 Å². The maximum absolute atomic E-state index is 9.99. The van der Waals surface area contributed by atoms with Crippen molar-refractivity contribution in [3.8, 4) is 11.8 Å². The van der Waals surface area contributed by atoms with Crippen LogP contribution in [0, 0.1) is 17.8 Å². The Morgan fingerprint density at radius 3 is 2.83 bits per heavy atom. The molecule has 0 radical (unpaired) electrons. The molecule has 0 aromatic rings. The summed E-state index contributed by atoms with van der Waals surface area (Å²) >= 11 is 0. The van der Waals surface area contributed by atoms with E-state index in [1.54, 1.807) is 0 Å².